The van der Waals surface area contributed by atoms with Crippen LogP contribution in [0.4, 0.5) is 16.0 Å². The second-order valence-electron chi connectivity index (χ2n) is 8.52. The van der Waals surface area contributed by atoms with Crippen molar-refractivity contribution < 1.29 is 22.3 Å². The fourth-order valence-corrected chi connectivity index (χ4v) is 4.83. The number of fused-ring (bicyclic) bond motifs is 1. The van der Waals surface area contributed by atoms with E-state index in [1.807, 2.05) is 65.6 Å². The molecule has 0 saturated carbocycles. The number of ether oxygens (including phenoxy) is 1. The molecule has 4 aromatic rings. The van der Waals surface area contributed by atoms with E-state index in [1.165, 1.54) is 10.6 Å². The van der Waals surface area contributed by atoms with Crippen molar-refractivity contribution in [1.29, 1.82) is 0 Å². The number of aromatic nitrogens is 2. The van der Waals surface area contributed by atoms with Crippen LogP contribution >= 0.6 is 0 Å². The van der Waals surface area contributed by atoms with Gasteiger partial charge in [0.2, 0.25) is 11.7 Å². The lowest BCUT2D eigenvalue weighted by atomic mass is 10.2. The predicted octanol–water partition coefficient (Wildman–Crippen LogP) is 3.01. The van der Waals surface area contributed by atoms with Gasteiger partial charge in [-0.2, -0.15) is 0 Å². The molecule has 0 fully saturated rings. The van der Waals surface area contributed by atoms with Crippen molar-refractivity contribution in [3.8, 4) is 5.75 Å². The monoisotopic (exact) mass is 534 g/mol. The summed E-state index contributed by atoms with van der Waals surface area (Å²) in [7, 11) is -3.09. The maximum Gasteiger partial charge on any atom is 0.298 e. The van der Waals surface area contributed by atoms with Crippen LogP contribution in [0.15, 0.2) is 88.6 Å². The molecular weight excluding hydrogens is 511 g/mol. The van der Waals surface area contributed by atoms with Crippen LogP contribution < -0.4 is 20.5 Å². The van der Waals surface area contributed by atoms with E-state index in [9.17, 15) is 22.4 Å². The fraction of sp³-hybridized carbons (Fsp3) is 0.148. The number of para-hydroxylation sites is 1. The normalized spacial score (nSPS) is 12.4. The molecule has 2 heterocycles. The minimum absolute atomic E-state index is 0.0402. The van der Waals surface area contributed by atoms with Gasteiger partial charge >= 0.3 is 0 Å². The van der Waals surface area contributed by atoms with Gasteiger partial charge in [-0.1, -0.05) is 54.6 Å². The molecule has 0 saturated heterocycles. The summed E-state index contributed by atoms with van der Waals surface area (Å²) in [6.45, 7) is 0.650. The van der Waals surface area contributed by atoms with Crippen LogP contribution in [-0.2, 0) is 30.4 Å². The Morgan fingerprint density at radius 1 is 1.00 bits per heavy atom. The number of hydrogen-bond donors (Lipinski definition) is 2. The number of halogens is 1. The molecule has 0 bridgehead atoms. The van der Waals surface area contributed by atoms with E-state index in [4.69, 9.17) is 4.74 Å². The van der Waals surface area contributed by atoms with Gasteiger partial charge in [0.1, 0.15) is 12.4 Å². The van der Waals surface area contributed by atoms with Crippen LogP contribution in [0.25, 0.3) is 0 Å². The van der Waals surface area contributed by atoms with Crippen LogP contribution in [0.3, 0.4) is 0 Å². The van der Waals surface area contributed by atoms with Crippen LogP contribution in [0, 0.1) is 5.82 Å². The zero-order chi connectivity index (χ0) is 26.6. The second-order valence-corrected chi connectivity index (χ2v) is 9.52. The van der Waals surface area contributed by atoms with Gasteiger partial charge in [-0.05, 0) is 35.4 Å². The first-order valence-corrected chi connectivity index (χ1v) is 13.0. The first-order chi connectivity index (χ1) is 18.4. The van der Waals surface area contributed by atoms with E-state index >= 15 is 0 Å². The average molecular weight is 535 g/mol. The van der Waals surface area contributed by atoms with Gasteiger partial charge in [-0.15, -0.1) is 0 Å². The largest absolute Gasteiger partial charge is 0.481 e. The first-order valence-electron chi connectivity index (χ1n) is 11.8. The number of carbonyl (C=O) groups is 1. The topological polar surface area (TPSA) is 111 Å². The lowest BCUT2D eigenvalue weighted by molar-refractivity contribution is 0.0939. The van der Waals surface area contributed by atoms with Crippen molar-refractivity contribution in [2.75, 3.05) is 11.4 Å². The highest BCUT2D eigenvalue weighted by Crippen LogP contribution is 2.29. The summed E-state index contributed by atoms with van der Waals surface area (Å²) in [6.07, 6.45) is 0. The summed E-state index contributed by atoms with van der Waals surface area (Å²) in [5.74, 6) is -1.35. The Bertz CT molecular complexity index is 1620. The maximum absolute atomic E-state index is 13.6. The minimum Gasteiger partial charge on any atom is -0.481 e. The zero-order valence-electron chi connectivity index (χ0n) is 20.0. The number of nitrogens with zero attached hydrogens (tertiary/aromatic N) is 3. The van der Waals surface area contributed by atoms with Crippen molar-refractivity contribution >= 4 is 28.2 Å². The summed E-state index contributed by atoms with van der Waals surface area (Å²) in [5.41, 5.74) is 1.08. The Labute approximate surface area is 219 Å². The van der Waals surface area contributed by atoms with Crippen LogP contribution in [0.1, 0.15) is 21.6 Å². The standard InChI is InChI=1S/C27H23FN4O5S/c28-20-12-11-19(22(15-20)38(35)36)16-29-25(33)23-24(37-17-18-7-3-1-4-8-18)26(34)32-14-13-31(27(32)30-23)21-9-5-2-6-10-21/h1-12,15,38H,13-14,16-17H2,(H,29,33). The molecule has 9 nitrogen and oxygen atoms in total. The van der Waals surface area contributed by atoms with Crippen LogP contribution in [-0.4, -0.2) is 30.4 Å². The number of benzene rings is 3. The Balaban J connectivity index is 1.51. The summed E-state index contributed by atoms with van der Waals surface area (Å²) in [4.78, 5) is 33.0. The molecule has 1 amide bonds. The number of amides is 1. The molecule has 1 aliphatic heterocycles. The molecule has 1 aromatic heterocycles. The highest BCUT2D eigenvalue weighted by molar-refractivity contribution is 7.72. The smallest absolute Gasteiger partial charge is 0.298 e. The lowest BCUT2D eigenvalue weighted by Crippen LogP contribution is -2.31. The van der Waals surface area contributed by atoms with E-state index in [0.717, 1.165) is 23.4 Å². The van der Waals surface area contributed by atoms with E-state index in [-0.39, 0.29) is 35.1 Å². The third-order valence-electron chi connectivity index (χ3n) is 6.09. The molecular formula is C27H23FN4O5S. The van der Waals surface area contributed by atoms with Crippen molar-refractivity contribution in [2.45, 2.75) is 24.6 Å². The lowest BCUT2D eigenvalue weighted by Gasteiger charge is -2.19. The van der Waals surface area contributed by atoms with E-state index in [2.05, 4.69) is 10.3 Å². The number of rotatable bonds is 8. The number of carbonyl (C=O) groups excluding carboxylic acids is 1. The van der Waals surface area contributed by atoms with Gasteiger partial charge in [-0.25, -0.2) is 17.8 Å². The third kappa shape index (κ3) is 5.14. The molecule has 0 atom stereocenters. The Morgan fingerprint density at radius 3 is 2.42 bits per heavy atom. The van der Waals surface area contributed by atoms with Crippen molar-refractivity contribution in [3.63, 3.8) is 0 Å². The quantitative estimate of drug-likeness (QED) is 0.335. The van der Waals surface area contributed by atoms with E-state index in [1.54, 1.807) is 0 Å². The Hall–Kier alpha value is -4.51. The van der Waals surface area contributed by atoms with E-state index in [0.29, 0.717) is 19.0 Å². The molecule has 0 radical (unpaired) electrons. The van der Waals surface area contributed by atoms with Crippen molar-refractivity contribution in [3.05, 3.63) is 112 Å². The van der Waals surface area contributed by atoms with Gasteiger partial charge < -0.3 is 15.0 Å². The van der Waals surface area contributed by atoms with Gasteiger partial charge in [0.25, 0.3) is 11.5 Å². The summed E-state index contributed by atoms with van der Waals surface area (Å²) in [5, 5.41) is 2.60. The molecule has 0 aliphatic carbocycles. The highest BCUT2D eigenvalue weighted by Gasteiger charge is 2.30. The van der Waals surface area contributed by atoms with Crippen molar-refractivity contribution in [2.24, 2.45) is 0 Å². The van der Waals surface area contributed by atoms with Gasteiger partial charge in [0.15, 0.2) is 16.4 Å². The Kier molecular flexibility index (Phi) is 7.18. The summed E-state index contributed by atoms with van der Waals surface area (Å²) in [6, 6.07) is 21.8. The molecule has 38 heavy (non-hydrogen) atoms. The molecule has 3 aromatic carbocycles. The molecule has 194 valence electrons. The summed E-state index contributed by atoms with van der Waals surface area (Å²) >= 11 is 0. The number of anilines is 2. The second kappa shape index (κ2) is 10.9. The summed E-state index contributed by atoms with van der Waals surface area (Å²) < 4.78 is 44.0. The number of nitrogens with one attached hydrogen (secondary N) is 1. The Morgan fingerprint density at radius 2 is 1.71 bits per heavy atom. The van der Waals surface area contributed by atoms with Gasteiger partial charge in [-0.3, -0.25) is 14.2 Å². The number of hydrogen-bond acceptors (Lipinski definition) is 7. The van der Waals surface area contributed by atoms with Gasteiger partial charge in [0.05, 0.1) is 4.90 Å². The minimum atomic E-state index is -3.09. The van der Waals surface area contributed by atoms with E-state index < -0.39 is 28.0 Å². The highest BCUT2D eigenvalue weighted by atomic mass is 32.2. The molecule has 1 aliphatic rings. The predicted molar refractivity (Wildman–Crippen MR) is 139 cm³/mol. The molecule has 0 unspecified atom stereocenters. The molecule has 5 rings (SSSR count). The number of thiol groups is 1. The molecule has 0 spiro atoms. The zero-order valence-corrected chi connectivity index (χ0v) is 20.9. The first kappa shape index (κ1) is 25.2. The van der Waals surface area contributed by atoms with Crippen LogP contribution in [0.5, 0.6) is 5.75 Å². The van der Waals surface area contributed by atoms with Crippen LogP contribution in [0.2, 0.25) is 0 Å². The third-order valence-corrected chi connectivity index (χ3v) is 6.90. The molecule has 11 heteroatoms. The SMILES string of the molecule is O=C(NCc1ccc(F)cc1[SH](=O)=O)c1nc2n(c(=O)c1OCc1ccccc1)CCN2c1ccccc1. The van der Waals surface area contributed by atoms with Crippen molar-refractivity contribution in [1.82, 2.24) is 14.9 Å². The maximum atomic E-state index is 13.6. The van der Waals surface area contributed by atoms with Gasteiger partial charge in [0, 0.05) is 25.3 Å². The molecule has 1 N–H and O–H groups in total. The fourth-order valence-electron chi connectivity index (χ4n) is 4.22. The average Bonchev–Trinajstić information content (AvgIpc) is 3.37.